The van der Waals surface area contributed by atoms with Crippen LogP contribution in [0.3, 0.4) is 0 Å². The molecule has 0 saturated carbocycles. The fourth-order valence-corrected chi connectivity index (χ4v) is 3.47. The summed E-state index contributed by atoms with van der Waals surface area (Å²) < 4.78 is 15.9. The molecule has 31 heavy (non-hydrogen) atoms. The van der Waals surface area contributed by atoms with Crippen LogP contribution in [0.2, 0.25) is 0 Å². The van der Waals surface area contributed by atoms with E-state index in [-0.39, 0.29) is 5.56 Å². The molecule has 0 spiro atoms. The molecule has 3 rings (SSSR count). The monoisotopic (exact) mass is 421 g/mol. The third-order valence-electron chi connectivity index (χ3n) is 5.16. The molecule has 0 bridgehead atoms. The highest BCUT2D eigenvalue weighted by Crippen LogP contribution is 2.24. The summed E-state index contributed by atoms with van der Waals surface area (Å²) in [7, 11) is 4.78. The molecule has 0 atom stereocenters. The van der Waals surface area contributed by atoms with Crippen molar-refractivity contribution in [1.29, 1.82) is 0 Å². The van der Waals surface area contributed by atoms with Gasteiger partial charge in [0.05, 0.1) is 21.3 Å². The second kappa shape index (κ2) is 10.5. The fourth-order valence-electron chi connectivity index (χ4n) is 3.47. The summed E-state index contributed by atoms with van der Waals surface area (Å²) in [6.45, 7) is 0. The Bertz CT molecular complexity index is 1030. The molecule has 0 aliphatic carbocycles. The molecule has 1 heterocycles. The number of hydrogen-bond donors (Lipinski definition) is 1. The summed E-state index contributed by atoms with van der Waals surface area (Å²) >= 11 is 0. The molecule has 0 aliphatic heterocycles. The highest BCUT2D eigenvalue weighted by molar-refractivity contribution is 5.90. The van der Waals surface area contributed by atoms with E-state index >= 15 is 0 Å². The van der Waals surface area contributed by atoms with E-state index < -0.39 is 5.97 Å². The number of rotatable bonds is 10. The number of benzene rings is 2. The van der Waals surface area contributed by atoms with E-state index in [2.05, 4.69) is 11.1 Å². The van der Waals surface area contributed by atoms with Crippen LogP contribution in [0.1, 0.15) is 32.6 Å². The van der Waals surface area contributed by atoms with Crippen LogP contribution in [0.15, 0.2) is 54.9 Å². The Labute approximate surface area is 182 Å². The van der Waals surface area contributed by atoms with E-state index in [1.165, 1.54) is 7.11 Å². The first-order valence-electron chi connectivity index (χ1n) is 10.1. The van der Waals surface area contributed by atoms with Crippen molar-refractivity contribution in [3.8, 4) is 17.2 Å². The van der Waals surface area contributed by atoms with Gasteiger partial charge in [-0.15, -0.1) is 0 Å². The van der Waals surface area contributed by atoms with Gasteiger partial charge >= 0.3 is 5.97 Å². The van der Waals surface area contributed by atoms with Gasteiger partial charge < -0.3 is 19.3 Å². The molecule has 0 amide bonds. The van der Waals surface area contributed by atoms with Crippen LogP contribution < -0.4 is 14.2 Å². The molecule has 162 valence electrons. The number of pyridine rings is 1. The number of carboxylic acid groups (broad SMARTS) is 1. The number of methoxy groups -OCH3 is 3. The van der Waals surface area contributed by atoms with E-state index in [1.807, 2.05) is 36.7 Å². The highest BCUT2D eigenvalue weighted by Gasteiger charge is 2.11. The number of nitrogens with zero attached hydrogens (tertiary/aromatic N) is 1. The maximum atomic E-state index is 11.2. The van der Waals surface area contributed by atoms with Crippen molar-refractivity contribution in [3.05, 3.63) is 82.7 Å². The molecule has 1 aromatic heterocycles. The quantitative estimate of drug-likeness (QED) is 0.524. The average Bonchev–Trinajstić information content (AvgIpc) is 2.81. The van der Waals surface area contributed by atoms with Gasteiger partial charge in [0.15, 0.2) is 0 Å². The number of ether oxygens (including phenoxy) is 3. The first-order chi connectivity index (χ1) is 15.0. The second-order valence-electron chi connectivity index (χ2n) is 7.26. The van der Waals surface area contributed by atoms with E-state index in [9.17, 15) is 9.90 Å². The van der Waals surface area contributed by atoms with Gasteiger partial charge in [-0.05, 0) is 72.2 Å². The molecule has 3 aromatic rings. The Hall–Kier alpha value is -3.54. The van der Waals surface area contributed by atoms with Gasteiger partial charge in [0.1, 0.15) is 22.8 Å². The zero-order valence-electron chi connectivity index (χ0n) is 18.1. The van der Waals surface area contributed by atoms with Crippen molar-refractivity contribution in [2.75, 3.05) is 21.3 Å². The van der Waals surface area contributed by atoms with Gasteiger partial charge in [-0.2, -0.15) is 0 Å². The molecule has 0 saturated heterocycles. The van der Waals surface area contributed by atoms with Gasteiger partial charge in [-0.3, -0.25) is 4.98 Å². The molecule has 1 N–H and O–H groups in total. The third-order valence-corrected chi connectivity index (χ3v) is 5.16. The molecule has 0 fully saturated rings. The number of aryl methyl sites for hydroxylation is 4. The van der Waals surface area contributed by atoms with Gasteiger partial charge in [0.25, 0.3) is 0 Å². The Morgan fingerprint density at radius 1 is 0.742 bits per heavy atom. The van der Waals surface area contributed by atoms with E-state index in [4.69, 9.17) is 14.2 Å². The van der Waals surface area contributed by atoms with E-state index in [0.29, 0.717) is 5.75 Å². The van der Waals surface area contributed by atoms with Crippen LogP contribution in [0.4, 0.5) is 0 Å². The van der Waals surface area contributed by atoms with Crippen LogP contribution in [-0.2, 0) is 25.7 Å². The summed E-state index contributed by atoms with van der Waals surface area (Å²) in [5, 5.41) is 9.22. The number of aromatic nitrogens is 1. The number of carbonyl (C=O) groups is 1. The summed E-state index contributed by atoms with van der Waals surface area (Å²) in [5.74, 6) is 0.954. The number of carboxylic acids is 1. The Kier molecular flexibility index (Phi) is 7.49. The maximum absolute atomic E-state index is 11.2. The predicted octanol–water partition coefficient (Wildman–Crippen LogP) is 4.38. The average molecular weight is 421 g/mol. The Morgan fingerprint density at radius 3 is 1.87 bits per heavy atom. The third kappa shape index (κ3) is 5.98. The SMILES string of the molecule is COc1cc(CCc2cncc(CCc3ccc(C(=O)O)c(OC)c3)c2)cc(OC)c1. The number of hydrogen-bond acceptors (Lipinski definition) is 5. The molecule has 6 nitrogen and oxygen atoms in total. The molecule has 0 aliphatic rings. The molecule has 0 radical (unpaired) electrons. The lowest BCUT2D eigenvalue weighted by atomic mass is 10.0. The Morgan fingerprint density at radius 2 is 1.32 bits per heavy atom. The van der Waals surface area contributed by atoms with Crippen LogP contribution >= 0.6 is 0 Å². The molecule has 2 aromatic carbocycles. The van der Waals surface area contributed by atoms with Gasteiger partial charge in [-0.1, -0.05) is 12.1 Å². The standard InChI is InChI=1S/C25H27NO5/c1-29-21-11-18(12-22(14-21)30-2)5-7-20-10-19(15-26-16-20)6-4-17-8-9-23(25(27)28)24(13-17)31-3/h8-16H,4-7H2,1-3H3,(H,27,28). The van der Waals surface area contributed by atoms with Crippen molar-refractivity contribution in [2.45, 2.75) is 25.7 Å². The van der Waals surface area contributed by atoms with E-state index in [0.717, 1.165) is 59.4 Å². The zero-order valence-corrected chi connectivity index (χ0v) is 18.1. The van der Waals surface area contributed by atoms with Gasteiger partial charge in [0.2, 0.25) is 0 Å². The van der Waals surface area contributed by atoms with Crippen molar-refractivity contribution < 1.29 is 24.1 Å². The maximum Gasteiger partial charge on any atom is 0.339 e. The topological polar surface area (TPSA) is 77.9 Å². The minimum Gasteiger partial charge on any atom is -0.497 e. The van der Waals surface area contributed by atoms with Gasteiger partial charge in [-0.25, -0.2) is 4.79 Å². The van der Waals surface area contributed by atoms with Crippen molar-refractivity contribution in [1.82, 2.24) is 4.98 Å². The first-order valence-corrected chi connectivity index (χ1v) is 10.1. The molecular formula is C25H27NO5. The minimum atomic E-state index is -0.992. The smallest absolute Gasteiger partial charge is 0.339 e. The Balaban J connectivity index is 1.64. The predicted molar refractivity (Wildman–Crippen MR) is 119 cm³/mol. The largest absolute Gasteiger partial charge is 0.497 e. The number of aromatic carboxylic acids is 1. The minimum absolute atomic E-state index is 0.170. The summed E-state index contributed by atoms with van der Waals surface area (Å²) in [4.78, 5) is 15.6. The molecule has 6 heteroatoms. The van der Waals surface area contributed by atoms with Gasteiger partial charge in [0, 0.05) is 18.5 Å². The van der Waals surface area contributed by atoms with Crippen molar-refractivity contribution >= 4 is 5.97 Å². The van der Waals surface area contributed by atoms with Crippen LogP contribution in [-0.4, -0.2) is 37.4 Å². The summed E-state index contributed by atoms with van der Waals surface area (Å²) in [6.07, 6.45) is 7.06. The summed E-state index contributed by atoms with van der Waals surface area (Å²) in [6, 6.07) is 13.3. The van der Waals surface area contributed by atoms with Crippen LogP contribution in [0.5, 0.6) is 17.2 Å². The lowest BCUT2D eigenvalue weighted by Crippen LogP contribution is -2.02. The highest BCUT2D eigenvalue weighted by atomic mass is 16.5. The lowest BCUT2D eigenvalue weighted by molar-refractivity contribution is 0.0693. The van der Waals surface area contributed by atoms with Crippen molar-refractivity contribution in [2.24, 2.45) is 0 Å². The van der Waals surface area contributed by atoms with Crippen LogP contribution in [0.25, 0.3) is 0 Å². The normalized spacial score (nSPS) is 10.5. The molecular weight excluding hydrogens is 394 g/mol. The summed E-state index contributed by atoms with van der Waals surface area (Å²) in [5.41, 5.74) is 4.65. The lowest BCUT2D eigenvalue weighted by Gasteiger charge is -2.10. The van der Waals surface area contributed by atoms with Crippen molar-refractivity contribution in [3.63, 3.8) is 0 Å². The van der Waals surface area contributed by atoms with Crippen LogP contribution in [0, 0.1) is 0 Å². The van der Waals surface area contributed by atoms with E-state index in [1.54, 1.807) is 26.4 Å². The molecule has 0 unspecified atom stereocenters. The second-order valence-corrected chi connectivity index (χ2v) is 7.26. The first kappa shape index (κ1) is 22.2. The fraction of sp³-hybridized carbons (Fsp3) is 0.280. The zero-order chi connectivity index (χ0) is 22.2.